The molecule has 0 fully saturated rings. The van der Waals surface area contributed by atoms with Crippen LogP contribution in [0, 0.1) is 5.92 Å². The molecule has 0 aromatic rings. The summed E-state index contributed by atoms with van der Waals surface area (Å²) in [5.41, 5.74) is 0.154. The summed E-state index contributed by atoms with van der Waals surface area (Å²) in [5.74, 6) is 0.364. The number of thioether (sulfide) groups is 1. The molecule has 16 heavy (non-hydrogen) atoms. The lowest BCUT2D eigenvalue weighted by Crippen LogP contribution is -2.24. The van der Waals surface area contributed by atoms with Crippen LogP contribution in [-0.4, -0.2) is 28.5 Å². The molecule has 1 N–H and O–H groups in total. The van der Waals surface area contributed by atoms with Crippen LogP contribution in [0.5, 0.6) is 0 Å². The summed E-state index contributed by atoms with van der Waals surface area (Å²) in [6.07, 6.45) is 9.18. The molecule has 0 heterocycles. The highest BCUT2D eigenvalue weighted by molar-refractivity contribution is 8.01. The van der Waals surface area contributed by atoms with E-state index < -0.39 is 0 Å². The van der Waals surface area contributed by atoms with E-state index in [1.165, 1.54) is 0 Å². The maximum Gasteiger partial charge on any atom is 0.113 e. The maximum atomic E-state index is 8.76. The van der Waals surface area contributed by atoms with E-state index in [0.29, 0.717) is 18.9 Å². The second kappa shape index (κ2) is 6.48. The summed E-state index contributed by atoms with van der Waals surface area (Å²) in [4.78, 5) is 0. The van der Waals surface area contributed by atoms with Crippen LogP contribution in [0.4, 0.5) is 0 Å². The van der Waals surface area contributed by atoms with Crippen molar-refractivity contribution in [2.24, 2.45) is 5.92 Å². The van der Waals surface area contributed by atoms with Gasteiger partial charge in [0.1, 0.15) is 5.44 Å². The predicted molar refractivity (Wildman–Crippen MR) is 70.6 cm³/mol. The van der Waals surface area contributed by atoms with Crippen LogP contribution < -0.4 is 0 Å². The SMILES string of the molecule is CC(C)(C)SC(OCCCO)C1C=CC=C1. The molecule has 2 nitrogen and oxygen atoms in total. The number of aliphatic hydroxyl groups is 1. The molecular formula is C13H22O2S. The van der Waals surface area contributed by atoms with Crippen LogP contribution in [-0.2, 0) is 4.74 Å². The number of rotatable bonds is 6. The number of hydrogen-bond acceptors (Lipinski definition) is 3. The fourth-order valence-corrected chi connectivity index (χ4v) is 2.67. The smallest absolute Gasteiger partial charge is 0.113 e. The Kier molecular flexibility index (Phi) is 5.59. The molecule has 1 aliphatic carbocycles. The Labute approximate surface area is 103 Å². The second-order valence-corrected chi connectivity index (χ2v) is 6.82. The highest BCUT2D eigenvalue weighted by atomic mass is 32.2. The minimum Gasteiger partial charge on any atom is -0.396 e. The molecule has 1 atom stereocenters. The zero-order valence-electron chi connectivity index (χ0n) is 10.3. The third-order valence-electron chi connectivity index (χ3n) is 2.15. The summed E-state index contributed by atoms with van der Waals surface area (Å²) in [6.45, 7) is 7.42. The van der Waals surface area contributed by atoms with E-state index in [9.17, 15) is 0 Å². The Hall–Kier alpha value is -0.250. The van der Waals surface area contributed by atoms with Crippen molar-refractivity contribution in [3.8, 4) is 0 Å². The molecule has 0 aromatic heterocycles. The normalized spacial score (nSPS) is 18.2. The number of aliphatic hydroxyl groups excluding tert-OH is 1. The Morgan fingerprint density at radius 3 is 2.44 bits per heavy atom. The Morgan fingerprint density at radius 2 is 1.94 bits per heavy atom. The monoisotopic (exact) mass is 242 g/mol. The van der Waals surface area contributed by atoms with Crippen LogP contribution in [0.25, 0.3) is 0 Å². The van der Waals surface area contributed by atoms with Crippen molar-refractivity contribution in [3.05, 3.63) is 24.3 Å². The van der Waals surface area contributed by atoms with Crippen LogP contribution >= 0.6 is 11.8 Å². The Morgan fingerprint density at radius 1 is 1.31 bits per heavy atom. The summed E-state index contributed by atoms with van der Waals surface area (Å²) >= 11 is 1.84. The first-order valence-electron chi connectivity index (χ1n) is 5.78. The molecule has 0 aromatic carbocycles. The summed E-state index contributed by atoms with van der Waals surface area (Å²) in [7, 11) is 0. The van der Waals surface area contributed by atoms with E-state index in [4.69, 9.17) is 9.84 Å². The molecular weight excluding hydrogens is 220 g/mol. The van der Waals surface area contributed by atoms with Gasteiger partial charge in [0.15, 0.2) is 0 Å². The average Bonchev–Trinajstić information content (AvgIpc) is 2.67. The van der Waals surface area contributed by atoms with Gasteiger partial charge in [0.25, 0.3) is 0 Å². The molecule has 0 saturated carbocycles. The molecule has 92 valence electrons. The summed E-state index contributed by atoms with van der Waals surface area (Å²) < 4.78 is 6.03. The van der Waals surface area contributed by atoms with E-state index in [0.717, 1.165) is 0 Å². The van der Waals surface area contributed by atoms with Crippen molar-refractivity contribution in [1.82, 2.24) is 0 Å². The summed E-state index contributed by atoms with van der Waals surface area (Å²) in [5, 5.41) is 8.76. The van der Waals surface area contributed by atoms with Crippen LogP contribution in [0.3, 0.4) is 0 Å². The molecule has 3 heteroatoms. The topological polar surface area (TPSA) is 29.5 Å². The van der Waals surface area contributed by atoms with Crippen molar-refractivity contribution in [1.29, 1.82) is 0 Å². The van der Waals surface area contributed by atoms with E-state index in [2.05, 4.69) is 45.1 Å². The van der Waals surface area contributed by atoms with Gasteiger partial charge in [-0.2, -0.15) is 0 Å². The standard InChI is InChI=1S/C13H22O2S/c1-13(2,3)16-12(15-10-6-9-14)11-7-4-5-8-11/h4-5,7-8,11-12,14H,6,9-10H2,1-3H3. The van der Waals surface area contributed by atoms with Crippen LogP contribution in [0.2, 0.25) is 0 Å². The number of allylic oxidation sites excluding steroid dienone is 2. The molecule has 1 rings (SSSR count). The van der Waals surface area contributed by atoms with Gasteiger partial charge in [-0.25, -0.2) is 0 Å². The highest BCUT2D eigenvalue weighted by Crippen LogP contribution is 2.35. The van der Waals surface area contributed by atoms with Crippen molar-refractivity contribution in [3.63, 3.8) is 0 Å². The van der Waals surface area contributed by atoms with Gasteiger partial charge < -0.3 is 9.84 Å². The zero-order chi connectivity index (χ0) is 12.0. The van der Waals surface area contributed by atoms with E-state index >= 15 is 0 Å². The molecule has 0 saturated heterocycles. The van der Waals surface area contributed by atoms with Gasteiger partial charge in [-0.05, 0) is 6.42 Å². The summed E-state index contributed by atoms with van der Waals surface area (Å²) in [6, 6.07) is 0. The second-order valence-electron chi connectivity index (χ2n) is 4.89. The largest absolute Gasteiger partial charge is 0.396 e. The fourth-order valence-electron chi connectivity index (χ4n) is 1.47. The fraction of sp³-hybridized carbons (Fsp3) is 0.692. The maximum absolute atomic E-state index is 8.76. The van der Waals surface area contributed by atoms with Crippen molar-refractivity contribution in [2.45, 2.75) is 37.4 Å². The van der Waals surface area contributed by atoms with E-state index in [-0.39, 0.29) is 16.8 Å². The Bertz CT molecular complexity index is 241. The first-order chi connectivity index (χ1) is 7.53. The minimum absolute atomic E-state index is 0.154. The molecule has 0 spiro atoms. The van der Waals surface area contributed by atoms with Crippen LogP contribution in [0.1, 0.15) is 27.2 Å². The molecule has 1 unspecified atom stereocenters. The minimum atomic E-state index is 0.154. The molecule has 0 amide bonds. The number of hydrogen-bond donors (Lipinski definition) is 1. The lowest BCUT2D eigenvalue weighted by molar-refractivity contribution is 0.0839. The number of ether oxygens (including phenoxy) is 1. The van der Waals surface area contributed by atoms with Crippen molar-refractivity contribution < 1.29 is 9.84 Å². The van der Waals surface area contributed by atoms with Gasteiger partial charge in [-0.3, -0.25) is 0 Å². The molecule has 1 aliphatic rings. The highest BCUT2D eigenvalue weighted by Gasteiger charge is 2.25. The van der Waals surface area contributed by atoms with Gasteiger partial charge in [-0.15, -0.1) is 11.8 Å². The van der Waals surface area contributed by atoms with Crippen molar-refractivity contribution in [2.75, 3.05) is 13.2 Å². The average molecular weight is 242 g/mol. The van der Waals surface area contributed by atoms with Crippen molar-refractivity contribution >= 4 is 11.8 Å². The zero-order valence-corrected chi connectivity index (χ0v) is 11.2. The van der Waals surface area contributed by atoms with Gasteiger partial charge in [0, 0.05) is 17.3 Å². The van der Waals surface area contributed by atoms with Gasteiger partial charge in [0.2, 0.25) is 0 Å². The van der Waals surface area contributed by atoms with E-state index in [1.807, 2.05) is 11.8 Å². The molecule has 0 aliphatic heterocycles. The first-order valence-corrected chi connectivity index (χ1v) is 6.66. The lowest BCUT2D eigenvalue weighted by atomic mass is 10.2. The molecule has 0 radical (unpaired) electrons. The van der Waals surface area contributed by atoms with Gasteiger partial charge in [0.05, 0.1) is 6.61 Å². The Balaban J connectivity index is 2.47. The van der Waals surface area contributed by atoms with Gasteiger partial charge in [-0.1, -0.05) is 45.1 Å². The predicted octanol–water partition coefficient (Wildman–Crippen LogP) is 2.99. The van der Waals surface area contributed by atoms with Crippen LogP contribution in [0.15, 0.2) is 24.3 Å². The molecule has 0 bridgehead atoms. The first kappa shape index (κ1) is 13.8. The third-order valence-corrected chi connectivity index (χ3v) is 3.54. The quantitative estimate of drug-likeness (QED) is 0.573. The van der Waals surface area contributed by atoms with Gasteiger partial charge >= 0.3 is 0 Å². The lowest BCUT2D eigenvalue weighted by Gasteiger charge is -2.28. The third kappa shape index (κ3) is 5.19. The van der Waals surface area contributed by atoms with E-state index in [1.54, 1.807) is 0 Å².